The molecule has 35 heavy (non-hydrogen) atoms. The van der Waals surface area contributed by atoms with Crippen LogP contribution in [0.1, 0.15) is 51.0 Å². The molecule has 0 saturated carbocycles. The molecule has 2 aromatic carbocycles. The Morgan fingerprint density at radius 2 is 1.80 bits per heavy atom. The van der Waals surface area contributed by atoms with Crippen molar-refractivity contribution in [1.82, 2.24) is 24.1 Å². The van der Waals surface area contributed by atoms with Crippen LogP contribution in [0.2, 0.25) is 5.02 Å². The number of aliphatic hydroxyl groups is 1. The molecule has 2 heterocycles. The topological polar surface area (TPSA) is 94.9 Å². The van der Waals surface area contributed by atoms with E-state index in [0.717, 1.165) is 27.9 Å². The van der Waals surface area contributed by atoms with Gasteiger partial charge in [-0.1, -0.05) is 37.9 Å². The molecule has 0 saturated heterocycles. The summed E-state index contributed by atoms with van der Waals surface area (Å²) >= 11 is 6.20. The number of para-hydroxylation sites is 1. The minimum Gasteiger partial charge on any atom is -0.388 e. The van der Waals surface area contributed by atoms with Crippen molar-refractivity contribution in [2.24, 2.45) is 0 Å². The summed E-state index contributed by atoms with van der Waals surface area (Å²) < 4.78 is 33.0. The predicted octanol–water partition coefficient (Wildman–Crippen LogP) is 4.08. The van der Waals surface area contributed by atoms with Crippen molar-refractivity contribution < 1.29 is 13.9 Å². The first-order valence-electron chi connectivity index (χ1n) is 11.2. The van der Waals surface area contributed by atoms with E-state index in [9.17, 15) is 19.1 Å². The van der Waals surface area contributed by atoms with Gasteiger partial charge in [0.2, 0.25) is 0 Å². The van der Waals surface area contributed by atoms with Gasteiger partial charge in [0.15, 0.2) is 11.6 Å². The van der Waals surface area contributed by atoms with Crippen LogP contribution in [-0.4, -0.2) is 29.2 Å². The van der Waals surface area contributed by atoms with E-state index in [1.807, 2.05) is 13.8 Å². The lowest BCUT2D eigenvalue weighted by molar-refractivity contribution is 0.264. The van der Waals surface area contributed by atoms with Crippen molar-refractivity contribution in [2.75, 3.05) is 0 Å². The second-order valence-corrected chi connectivity index (χ2v) is 8.63. The first kappa shape index (κ1) is 24.7. The Bertz CT molecular complexity index is 1520. The van der Waals surface area contributed by atoms with Crippen LogP contribution >= 0.6 is 11.6 Å². The largest absolute Gasteiger partial charge is 0.388 e. The molecule has 0 aliphatic rings. The molecule has 0 radical (unpaired) electrons. The van der Waals surface area contributed by atoms with Gasteiger partial charge in [0.1, 0.15) is 23.8 Å². The lowest BCUT2D eigenvalue weighted by Gasteiger charge is -2.17. The van der Waals surface area contributed by atoms with E-state index in [1.54, 1.807) is 6.92 Å². The van der Waals surface area contributed by atoms with Gasteiger partial charge in [-0.15, -0.1) is 5.10 Å². The maximum absolute atomic E-state index is 15.3. The number of halogens is 3. The maximum atomic E-state index is 15.3. The molecule has 0 spiro atoms. The fourth-order valence-corrected chi connectivity index (χ4v) is 4.48. The summed E-state index contributed by atoms with van der Waals surface area (Å²) in [6.45, 7) is 5.32. The Hall–Kier alpha value is -3.37. The highest BCUT2D eigenvalue weighted by Crippen LogP contribution is 2.30. The lowest BCUT2D eigenvalue weighted by atomic mass is 9.97. The molecule has 0 aliphatic heterocycles. The van der Waals surface area contributed by atoms with Crippen LogP contribution in [0.15, 0.2) is 39.9 Å². The standard InChI is InChI=1S/C24H24ClF2N5O3/c1-4-7-13(3)21-14-11-19(31-24(35)30(5-2)20(12-33)28-31)18(27)10-15(14)23(34)32(29-21)22-16(25)8-6-9-17(22)26/h6,8-11,13,33H,4-5,7,12H2,1-3H3. The number of nitrogens with zero attached hydrogens (tertiary/aromatic N) is 5. The van der Waals surface area contributed by atoms with Crippen molar-refractivity contribution in [2.45, 2.75) is 52.7 Å². The molecule has 0 fully saturated rings. The molecule has 1 unspecified atom stereocenters. The highest BCUT2D eigenvalue weighted by Gasteiger charge is 2.23. The molecule has 1 N–H and O–H groups in total. The first-order chi connectivity index (χ1) is 16.7. The molecule has 8 nitrogen and oxygen atoms in total. The number of hydrogen-bond donors (Lipinski definition) is 1. The molecule has 1 atom stereocenters. The smallest absolute Gasteiger partial charge is 0.350 e. The van der Waals surface area contributed by atoms with E-state index in [2.05, 4.69) is 10.2 Å². The number of fused-ring (bicyclic) bond motifs is 1. The highest BCUT2D eigenvalue weighted by atomic mass is 35.5. The zero-order valence-electron chi connectivity index (χ0n) is 19.4. The normalized spacial score (nSPS) is 12.4. The minimum atomic E-state index is -0.881. The third kappa shape index (κ3) is 4.17. The summed E-state index contributed by atoms with van der Waals surface area (Å²) in [6.07, 6.45) is 1.50. The summed E-state index contributed by atoms with van der Waals surface area (Å²) in [5, 5.41) is 18.3. The summed E-state index contributed by atoms with van der Waals surface area (Å²) in [5.41, 5.74) is -1.37. The third-order valence-electron chi connectivity index (χ3n) is 5.96. The quantitative estimate of drug-likeness (QED) is 0.410. The van der Waals surface area contributed by atoms with Crippen molar-refractivity contribution >= 4 is 22.4 Å². The maximum Gasteiger partial charge on any atom is 0.350 e. The minimum absolute atomic E-state index is 0.0154. The zero-order chi connectivity index (χ0) is 25.4. The fourth-order valence-electron chi connectivity index (χ4n) is 4.24. The van der Waals surface area contributed by atoms with Gasteiger partial charge in [0.25, 0.3) is 5.56 Å². The van der Waals surface area contributed by atoms with Crippen LogP contribution in [0.4, 0.5) is 8.78 Å². The van der Waals surface area contributed by atoms with Crippen molar-refractivity contribution in [3.63, 3.8) is 0 Å². The molecular formula is C24H24ClF2N5O3. The molecule has 0 aliphatic carbocycles. The van der Waals surface area contributed by atoms with Gasteiger partial charge < -0.3 is 5.11 Å². The zero-order valence-corrected chi connectivity index (χ0v) is 20.2. The number of hydrogen-bond acceptors (Lipinski definition) is 5. The van der Waals surface area contributed by atoms with Crippen molar-refractivity contribution in [3.05, 3.63) is 79.3 Å². The van der Waals surface area contributed by atoms with E-state index >= 15 is 4.39 Å². The van der Waals surface area contributed by atoms with Gasteiger partial charge in [-0.2, -0.15) is 14.5 Å². The third-order valence-corrected chi connectivity index (χ3v) is 6.26. The average Bonchev–Trinajstić information content (AvgIpc) is 3.15. The predicted molar refractivity (Wildman–Crippen MR) is 129 cm³/mol. The van der Waals surface area contributed by atoms with Crippen LogP contribution in [0.5, 0.6) is 0 Å². The van der Waals surface area contributed by atoms with Crippen LogP contribution in [-0.2, 0) is 13.2 Å². The van der Waals surface area contributed by atoms with Gasteiger partial charge in [0.05, 0.1) is 16.1 Å². The highest BCUT2D eigenvalue weighted by molar-refractivity contribution is 6.32. The summed E-state index contributed by atoms with van der Waals surface area (Å²) in [7, 11) is 0. The molecule has 2 aromatic heterocycles. The Kier molecular flexibility index (Phi) is 6.86. The number of aliphatic hydroxyl groups excluding tert-OH is 1. The van der Waals surface area contributed by atoms with E-state index in [4.69, 9.17) is 11.6 Å². The summed E-state index contributed by atoms with van der Waals surface area (Å²) in [5.74, 6) is -1.73. The van der Waals surface area contributed by atoms with E-state index < -0.39 is 29.5 Å². The Morgan fingerprint density at radius 1 is 1.06 bits per heavy atom. The van der Waals surface area contributed by atoms with Gasteiger partial charge in [-0.3, -0.25) is 9.36 Å². The number of aromatic nitrogens is 5. The lowest BCUT2D eigenvalue weighted by Crippen LogP contribution is -2.27. The summed E-state index contributed by atoms with van der Waals surface area (Å²) in [4.78, 5) is 26.2. The molecule has 4 rings (SSSR count). The van der Waals surface area contributed by atoms with Crippen molar-refractivity contribution in [3.8, 4) is 11.4 Å². The van der Waals surface area contributed by atoms with Crippen LogP contribution in [0, 0.1) is 11.6 Å². The molecule has 184 valence electrons. The SMILES string of the molecule is CCCC(C)c1nn(-c2c(F)cccc2Cl)c(=O)c2cc(F)c(-n3nc(CO)n(CC)c3=O)cc12. The fraction of sp³-hybridized carbons (Fsp3) is 0.333. The van der Waals surface area contributed by atoms with Crippen LogP contribution in [0.25, 0.3) is 22.1 Å². The Balaban J connectivity index is 2.08. The van der Waals surface area contributed by atoms with E-state index in [1.165, 1.54) is 22.8 Å². The molecule has 11 heteroatoms. The summed E-state index contributed by atoms with van der Waals surface area (Å²) in [6, 6.07) is 6.36. The first-order valence-corrected chi connectivity index (χ1v) is 11.6. The van der Waals surface area contributed by atoms with Crippen LogP contribution in [0.3, 0.4) is 0 Å². The Labute approximate surface area is 204 Å². The molecular weight excluding hydrogens is 480 g/mol. The Morgan fingerprint density at radius 3 is 2.40 bits per heavy atom. The van der Waals surface area contributed by atoms with Gasteiger partial charge in [-0.25, -0.2) is 13.6 Å². The van der Waals surface area contributed by atoms with E-state index in [-0.39, 0.29) is 40.1 Å². The molecule has 0 bridgehead atoms. The van der Waals surface area contributed by atoms with E-state index in [0.29, 0.717) is 17.5 Å². The van der Waals surface area contributed by atoms with Crippen molar-refractivity contribution in [1.29, 1.82) is 0 Å². The molecule has 0 amide bonds. The monoisotopic (exact) mass is 503 g/mol. The number of rotatable bonds is 7. The van der Waals surface area contributed by atoms with Gasteiger partial charge in [-0.05, 0) is 37.6 Å². The average molecular weight is 504 g/mol. The van der Waals surface area contributed by atoms with Gasteiger partial charge in [0, 0.05) is 17.8 Å². The second-order valence-electron chi connectivity index (χ2n) is 8.22. The van der Waals surface area contributed by atoms with Gasteiger partial charge >= 0.3 is 5.69 Å². The second kappa shape index (κ2) is 9.71. The van der Waals surface area contributed by atoms with Crippen LogP contribution < -0.4 is 11.2 Å². The number of benzene rings is 2. The molecule has 4 aromatic rings.